The smallest absolute Gasteiger partial charge is 0.306 e. The maximum Gasteiger partial charge on any atom is 0.306 e. The second kappa shape index (κ2) is 10.5. The van der Waals surface area contributed by atoms with Crippen molar-refractivity contribution in [1.82, 2.24) is 4.90 Å². The lowest BCUT2D eigenvalue weighted by Crippen LogP contribution is -2.30. The van der Waals surface area contributed by atoms with E-state index in [0.717, 1.165) is 39.3 Å². The van der Waals surface area contributed by atoms with Gasteiger partial charge in [-0.25, -0.2) is 0 Å². The Hall–Kier alpha value is -0.610. The minimum atomic E-state index is -0.149. The highest BCUT2D eigenvalue weighted by Crippen LogP contribution is 1.99. The Morgan fingerprint density at radius 3 is 2.47 bits per heavy atom. The molecule has 0 spiro atoms. The number of rotatable bonds is 10. The van der Waals surface area contributed by atoms with E-state index in [1.54, 1.807) is 0 Å². The summed E-state index contributed by atoms with van der Waals surface area (Å²) in [6.07, 6.45) is 1.56. The van der Waals surface area contributed by atoms with E-state index in [1.165, 1.54) is 7.11 Å². The molecular weight excluding hydrogens is 218 g/mol. The normalized spacial score (nSPS) is 11.2. The summed E-state index contributed by atoms with van der Waals surface area (Å²) in [6, 6.07) is 0. The fourth-order valence-electron chi connectivity index (χ4n) is 1.39. The molecule has 0 saturated heterocycles. The van der Waals surface area contributed by atoms with Crippen LogP contribution in [-0.2, 0) is 14.3 Å². The molecule has 0 aromatic heterocycles. The van der Waals surface area contributed by atoms with Gasteiger partial charge in [0.05, 0.1) is 20.1 Å². The van der Waals surface area contributed by atoms with E-state index in [4.69, 9.17) is 4.74 Å². The Bertz CT molecular complexity index is 195. The average Bonchev–Trinajstić information content (AvgIpc) is 2.31. The van der Waals surface area contributed by atoms with Crippen LogP contribution in [0.2, 0.25) is 0 Å². The molecule has 0 amide bonds. The minimum Gasteiger partial charge on any atom is -0.469 e. The maximum atomic E-state index is 11.0. The molecule has 0 saturated carbocycles. The molecule has 0 atom stereocenters. The van der Waals surface area contributed by atoms with Gasteiger partial charge in [-0.15, -0.1) is 0 Å². The number of nitrogens with zero attached hydrogens (tertiary/aromatic N) is 1. The number of hydrogen-bond donors (Lipinski definition) is 0. The van der Waals surface area contributed by atoms with E-state index < -0.39 is 0 Å². The molecule has 0 aliphatic rings. The highest BCUT2D eigenvalue weighted by molar-refractivity contribution is 5.69. The first-order chi connectivity index (χ1) is 8.10. The fraction of sp³-hybridized carbons (Fsp3) is 0.923. The van der Waals surface area contributed by atoms with Gasteiger partial charge in [0.15, 0.2) is 0 Å². The van der Waals surface area contributed by atoms with Crippen molar-refractivity contribution in [2.45, 2.75) is 33.6 Å². The van der Waals surface area contributed by atoms with Crippen molar-refractivity contribution in [3.63, 3.8) is 0 Å². The molecule has 102 valence electrons. The molecule has 0 heterocycles. The van der Waals surface area contributed by atoms with Gasteiger partial charge in [0, 0.05) is 19.7 Å². The molecule has 0 aromatic carbocycles. The largest absolute Gasteiger partial charge is 0.469 e. The van der Waals surface area contributed by atoms with Crippen LogP contribution in [0.15, 0.2) is 0 Å². The topological polar surface area (TPSA) is 38.8 Å². The number of esters is 1. The van der Waals surface area contributed by atoms with Gasteiger partial charge < -0.3 is 14.4 Å². The Labute approximate surface area is 105 Å². The van der Waals surface area contributed by atoms with Crippen LogP contribution in [0, 0.1) is 5.92 Å². The van der Waals surface area contributed by atoms with Crippen molar-refractivity contribution >= 4 is 5.97 Å². The first-order valence-electron chi connectivity index (χ1n) is 6.47. The van der Waals surface area contributed by atoms with Crippen LogP contribution in [0.4, 0.5) is 0 Å². The van der Waals surface area contributed by atoms with E-state index in [0.29, 0.717) is 12.3 Å². The summed E-state index contributed by atoms with van der Waals surface area (Å²) in [5, 5.41) is 0. The van der Waals surface area contributed by atoms with E-state index in [-0.39, 0.29) is 5.97 Å². The third kappa shape index (κ3) is 10.3. The Kier molecular flexibility index (Phi) is 10.2. The standard InChI is InChI=1S/C13H27NO3/c1-5-14(8-6-13(15)16-4)9-11-17-10-7-12(2)3/h12H,5-11H2,1-4H3. The highest BCUT2D eigenvalue weighted by Gasteiger charge is 2.06. The zero-order chi connectivity index (χ0) is 13.1. The van der Waals surface area contributed by atoms with Crippen molar-refractivity contribution in [2.24, 2.45) is 5.92 Å². The van der Waals surface area contributed by atoms with Crippen LogP contribution in [0.1, 0.15) is 33.6 Å². The maximum absolute atomic E-state index is 11.0. The lowest BCUT2D eigenvalue weighted by Gasteiger charge is -2.19. The van der Waals surface area contributed by atoms with Crippen molar-refractivity contribution < 1.29 is 14.3 Å². The number of hydrogen-bond acceptors (Lipinski definition) is 4. The summed E-state index contributed by atoms with van der Waals surface area (Å²) in [6.45, 7) is 10.6. The lowest BCUT2D eigenvalue weighted by molar-refractivity contribution is -0.141. The molecule has 0 N–H and O–H groups in total. The third-order valence-corrected chi connectivity index (χ3v) is 2.70. The van der Waals surface area contributed by atoms with Crippen LogP contribution < -0.4 is 0 Å². The fourth-order valence-corrected chi connectivity index (χ4v) is 1.39. The molecule has 0 bridgehead atoms. The molecule has 0 aromatic rings. The van der Waals surface area contributed by atoms with Crippen LogP contribution in [0.5, 0.6) is 0 Å². The van der Waals surface area contributed by atoms with E-state index in [9.17, 15) is 4.79 Å². The Balaban J connectivity index is 3.51. The molecule has 0 radical (unpaired) electrons. The van der Waals surface area contributed by atoms with E-state index >= 15 is 0 Å². The number of carbonyl (C=O) groups excluding carboxylic acids is 1. The Morgan fingerprint density at radius 1 is 1.24 bits per heavy atom. The van der Waals surface area contributed by atoms with Crippen molar-refractivity contribution in [3.8, 4) is 0 Å². The van der Waals surface area contributed by atoms with Crippen LogP contribution in [-0.4, -0.2) is 50.8 Å². The zero-order valence-corrected chi connectivity index (χ0v) is 11.7. The summed E-state index contributed by atoms with van der Waals surface area (Å²) >= 11 is 0. The zero-order valence-electron chi connectivity index (χ0n) is 11.7. The van der Waals surface area contributed by atoms with E-state index in [1.807, 2.05) is 0 Å². The summed E-state index contributed by atoms with van der Waals surface area (Å²) in [4.78, 5) is 13.2. The van der Waals surface area contributed by atoms with Gasteiger partial charge in [0.1, 0.15) is 0 Å². The molecule has 0 aliphatic heterocycles. The lowest BCUT2D eigenvalue weighted by atomic mass is 10.1. The van der Waals surface area contributed by atoms with Crippen molar-refractivity contribution in [2.75, 3.05) is 40.0 Å². The third-order valence-electron chi connectivity index (χ3n) is 2.70. The molecular formula is C13H27NO3. The van der Waals surface area contributed by atoms with Gasteiger partial charge >= 0.3 is 5.97 Å². The Morgan fingerprint density at radius 2 is 1.94 bits per heavy atom. The van der Waals surface area contributed by atoms with Crippen LogP contribution >= 0.6 is 0 Å². The molecule has 0 fully saturated rings. The minimum absolute atomic E-state index is 0.149. The number of likely N-dealkylation sites (N-methyl/N-ethyl adjacent to an activating group) is 1. The number of methoxy groups -OCH3 is 1. The van der Waals surface area contributed by atoms with Crippen molar-refractivity contribution in [3.05, 3.63) is 0 Å². The molecule has 17 heavy (non-hydrogen) atoms. The van der Waals surface area contributed by atoms with Gasteiger partial charge in [0.25, 0.3) is 0 Å². The average molecular weight is 245 g/mol. The highest BCUT2D eigenvalue weighted by atomic mass is 16.5. The molecule has 4 nitrogen and oxygen atoms in total. The molecule has 4 heteroatoms. The van der Waals surface area contributed by atoms with Crippen molar-refractivity contribution in [1.29, 1.82) is 0 Å². The molecule has 0 aliphatic carbocycles. The predicted octanol–water partition coefficient (Wildman–Crippen LogP) is 1.93. The molecule has 0 unspecified atom stereocenters. The number of carbonyl (C=O) groups is 1. The summed E-state index contributed by atoms with van der Waals surface area (Å²) < 4.78 is 10.2. The summed E-state index contributed by atoms with van der Waals surface area (Å²) in [5.74, 6) is 0.542. The van der Waals surface area contributed by atoms with Gasteiger partial charge in [0.2, 0.25) is 0 Å². The SMILES string of the molecule is CCN(CCOCCC(C)C)CCC(=O)OC. The number of ether oxygens (including phenoxy) is 2. The first kappa shape index (κ1) is 16.4. The predicted molar refractivity (Wildman–Crippen MR) is 69.0 cm³/mol. The second-order valence-corrected chi connectivity index (χ2v) is 4.56. The van der Waals surface area contributed by atoms with Gasteiger partial charge in [-0.2, -0.15) is 0 Å². The first-order valence-corrected chi connectivity index (χ1v) is 6.47. The van der Waals surface area contributed by atoms with Crippen LogP contribution in [0.3, 0.4) is 0 Å². The van der Waals surface area contributed by atoms with Gasteiger partial charge in [-0.1, -0.05) is 20.8 Å². The van der Waals surface area contributed by atoms with Gasteiger partial charge in [-0.3, -0.25) is 4.79 Å². The second-order valence-electron chi connectivity index (χ2n) is 4.56. The van der Waals surface area contributed by atoms with Crippen LogP contribution in [0.25, 0.3) is 0 Å². The summed E-state index contributed by atoms with van der Waals surface area (Å²) in [7, 11) is 1.42. The molecule has 0 rings (SSSR count). The quantitative estimate of drug-likeness (QED) is 0.435. The monoisotopic (exact) mass is 245 g/mol. The summed E-state index contributed by atoms with van der Waals surface area (Å²) in [5.41, 5.74) is 0. The van der Waals surface area contributed by atoms with E-state index in [2.05, 4.69) is 30.4 Å². The van der Waals surface area contributed by atoms with Gasteiger partial charge in [-0.05, 0) is 18.9 Å².